The van der Waals surface area contributed by atoms with Crippen molar-refractivity contribution in [2.24, 2.45) is 35.1 Å². The van der Waals surface area contributed by atoms with Crippen LogP contribution >= 0.6 is 0 Å². The lowest BCUT2D eigenvalue weighted by Gasteiger charge is -2.19. The molecule has 0 saturated carbocycles. The molecule has 0 fully saturated rings. The maximum atomic E-state index is 12.5. The van der Waals surface area contributed by atoms with E-state index in [4.69, 9.17) is 59.6 Å². The fourth-order valence-electron chi connectivity index (χ4n) is 14.6. The molecule has 0 aromatic heterocycles. The summed E-state index contributed by atoms with van der Waals surface area (Å²) in [5.74, 6) is -7.08. The number of carbonyl (C=O) groups excluding carboxylic acids is 12. The van der Waals surface area contributed by atoms with Crippen molar-refractivity contribution in [1.29, 1.82) is 0 Å². The van der Waals surface area contributed by atoms with Crippen molar-refractivity contribution in [3.05, 3.63) is 0 Å². The van der Waals surface area contributed by atoms with E-state index in [2.05, 4.69) is 21.3 Å². The molecule has 12 N–H and O–H groups in total. The van der Waals surface area contributed by atoms with Crippen LogP contribution in [0.15, 0.2) is 0 Å². The summed E-state index contributed by atoms with van der Waals surface area (Å²) in [5, 5.41) is 47.5. The van der Waals surface area contributed by atoms with Crippen molar-refractivity contribution in [2.45, 2.75) is 387 Å². The van der Waals surface area contributed by atoms with Crippen LogP contribution < -0.4 is 32.7 Å². The Hall–Kier alpha value is -7.28. The van der Waals surface area contributed by atoms with Crippen molar-refractivity contribution in [3.8, 4) is 0 Å². The average molecular weight is 1910 g/mol. The standard InChI is InChI=1S/2C50H89N3O14/c2*1-40(54)41(26-28-45(57)50(2,3)51)21-18-19-29-52-46(58)38-67-36-34-65-32-30-53-47(59)39-66-35-33-64-31-20-23-43(55)27-25-42(49(62)63)37-44(56)22-16-14-12-10-8-6-4-5-7-9-11-13-15-17-24-48(60)61/h2*41-42H,4-39,51H2,1-3H3,(H,52,58)(H,53,59)(H,60,61)(H,62,63)/t2*41-,42-/m11/s1. The number of amides is 4. The molecular weight excluding hydrogens is 1730 g/mol. The third kappa shape index (κ3) is 88.7. The highest BCUT2D eigenvalue weighted by atomic mass is 16.5. The minimum Gasteiger partial charge on any atom is -0.481 e. The predicted octanol–water partition coefficient (Wildman–Crippen LogP) is 13.7. The molecule has 0 saturated heterocycles. The Balaban J connectivity index is 0. The summed E-state index contributed by atoms with van der Waals surface area (Å²) in [6.45, 7) is 13.6. The van der Waals surface area contributed by atoms with E-state index in [0.29, 0.717) is 90.5 Å². The maximum Gasteiger partial charge on any atom is 0.306 e. The van der Waals surface area contributed by atoms with Crippen LogP contribution in [0.25, 0.3) is 0 Å². The number of hydrogen-bond donors (Lipinski definition) is 10. The number of Topliss-reactive ketones (excluding diaryl/α,β-unsaturated/α-hetero) is 8. The van der Waals surface area contributed by atoms with Crippen LogP contribution in [-0.2, 0) is 115 Å². The molecule has 0 heterocycles. The van der Waals surface area contributed by atoms with E-state index in [-0.39, 0.29) is 264 Å². The Morgan fingerprint density at radius 2 is 0.470 bits per heavy atom. The topological polar surface area (TPSA) is 528 Å². The Morgan fingerprint density at radius 3 is 0.724 bits per heavy atom. The monoisotopic (exact) mass is 1910 g/mol. The summed E-state index contributed by atoms with van der Waals surface area (Å²) in [5.41, 5.74) is 9.85. The lowest BCUT2D eigenvalue weighted by atomic mass is 9.88. The first-order chi connectivity index (χ1) is 64.0. The third-order valence-corrected chi connectivity index (χ3v) is 23.1. The molecule has 0 unspecified atom stereocenters. The highest BCUT2D eigenvalue weighted by Crippen LogP contribution is 2.24. The van der Waals surface area contributed by atoms with Gasteiger partial charge in [0.15, 0.2) is 11.6 Å². The van der Waals surface area contributed by atoms with E-state index >= 15 is 0 Å². The highest BCUT2D eigenvalue weighted by Gasteiger charge is 2.28. The molecule has 0 rings (SSSR count). The first kappa shape index (κ1) is 129. The number of nitrogens with one attached hydrogen (secondary N) is 4. The highest BCUT2D eigenvalue weighted by molar-refractivity contribution is 5.89. The van der Waals surface area contributed by atoms with E-state index in [0.717, 1.165) is 103 Å². The van der Waals surface area contributed by atoms with Crippen LogP contribution in [0.5, 0.6) is 0 Å². The SMILES string of the molecule is CC(=O)[C@H](CCCCNC(=O)COCCOCCNC(=O)COCCOCCCC(=O)CC[C@H](CC(=O)CCCCCCCCCCCCCCCCC(=O)O)C(=O)O)CCC(=O)C(C)(C)N.CC(=O)[C@H](CCCCNC(=O)COCCOCCNC(=O)COCCOCCCC(=O)CC[C@H](CC(=O)CCCCCCCCCCCCCCCCC(=O)O)C(=O)O)CCC(=O)C(C)(C)N. The summed E-state index contributed by atoms with van der Waals surface area (Å²) >= 11 is 0. The Bertz CT molecular complexity index is 2980. The molecule has 0 aromatic carbocycles. The zero-order chi connectivity index (χ0) is 99.9. The minimum atomic E-state index is -1.05. The summed E-state index contributed by atoms with van der Waals surface area (Å²) in [6, 6.07) is 0. The number of unbranched alkanes of at least 4 members (excludes halogenated alkanes) is 28. The van der Waals surface area contributed by atoms with Crippen molar-refractivity contribution in [2.75, 3.05) is 132 Å². The number of nitrogens with two attached hydrogens (primary N) is 2. The van der Waals surface area contributed by atoms with Gasteiger partial charge in [0.25, 0.3) is 0 Å². The van der Waals surface area contributed by atoms with E-state index in [1.807, 2.05) is 0 Å². The van der Waals surface area contributed by atoms with E-state index in [1.165, 1.54) is 104 Å². The molecule has 0 radical (unpaired) electrons. The second kappa shape index (κ2) is 88.4. The van der Waals surface area contributed by atoms with Gasteiger partial charge in [-0.05, 0) is 131 Å². The smallest absolute Gasteiger partial charge is 0.306 e. The van der Waals surface area contributed by atoms with E-state index < -0.39 is 46.8 Å². The molecule has 0 aromatic rings. The molecule has 0 bridgehead atoms. The second-order valence-corrected chi connectivity index (χ2v) is 36.6. The number of aliphatic carboxylic acids is 4. The molecule has 0 aliphatic rings. The van der Waals surface area contributed by atoms with Gasteiger partial charge in [-0.1, -0.05) is 167 Å². The van der Waals surface area contributed by atoms with Crippen LogP contribution in [0, 0.1) is 23.7 Å². The summed E-state index contributed by atoms with van der Waals surface area (Å²) in [7, 11) is 0. The zero-order valence-corrected chi connectivity index (χ0v) is 83.0. The molecule has 4 amide bonds. The summed E-state index contributed by atoms with van der Waals surface area (Å²) < 4.78 is 43.1. The molecule has 776 valence electrons. The van der Waals surface area contributed by atoms with Gasteiger partial charge < -0.3 is 91.1 Å². The second-order valence-electron chi connectivity index (χ2n) is 36.6. The summed E-state index contributed by atoms with van der Waals surface area (Å²) in [6.07, 6.45) is 39.4. The molecule has 0 spiro atoms. The van der Waals surface area contributed by atoms with Gasteiger partial charge in [-0.2, -0.15) is 0 Å². The van der Waals surface area contributed by atoms with Gasteiger partial charge in [0.2, 0.25) is 23.6 Å². The average Bonchev–Trinajstić information content (AvgIpc) is 0.897. The molecule has 34 heteroatoms. The van der Waals surface area contributed by atoms with Crippen molar-refractivity contribution >= 4 is 93.8 Å². The number of carboxylic acids is 4. The lowest BCUT2D eigenvalue weighted by molar-refractivity contribution is -0.144. The zero-order valence-electron chi connectivity index (χ0n) is 83.0. The number of ketones is 8. The van der Waals surface area contributed by atoms with Crippen molar-refractivity contribution in [1.82, 2.24) is 21.3 Å². The van der Waals surface area contributed by atoms with E-state index in [1.54, 1.807) is 27.7 Å². The fourth-order valence-corrected chi connectivity index (χ4v) is 14.6. The first-order valence-electron chi connectivity index (χ1n) is 50.3. The molecule has 134 heavy (non-hydrogen) atoms. The number of hydrogen-bond acceptors (Lipinski definition) is 26. The van der Waals surface area contributed by atoms with Crippen LogP contribution in [0.1, 0.15) is 375 Å². The van der Waals surface area contributed by atoms with Gasteiger partial charge in [-0.25, -0.2) is 0 Å². The predicted molar refractivity (Wildman–Crippen MR) is 511 cm³/mol. The van der Waals surface area contributed by atoms with Crippen molar-refractivity contribution < 1.29 is 135 Å². The van der Waals surface area contributed by atoms with Gasteiger partial charge in [0.05, 0.1) is 89.0 Å². The number of carbonyl (C=O) groups is 16. The Labute approximate surface area is 799 Å². The fraction of sp³-hybridized carbons (Fsp3) is 0.840. The Kier molecular flexibility index (Phi) is 85.0. The van der Waals surface area contributed by atoms with Gasteiger partial charge in [0.1, 0.15) is 61.1 Å². The molecule has 4 atom stereocenters. The van der Waals surface area contributed by atoms with Crippen LogP contribution in [0.2, 0.25) is 0 Å². The molecular formula is C100H178N6O28. The molecule has 0 aliphatic carbocycles. The molecule has 34 nitrogen and oxygen atoms in total. The quantitative estimate of drug-likeness (QED) is 0.0253. The van der Waals surface area contributed by atoms with Crippen LogP contribution in [-0.4, -0.2) is 257 Å². The summed E-state index contributed by atoms with van der Waals surface area (Å²) in [4.78, 5) is 190. The van der Waals surface area contributed by atoms with Crippen molar-refractivity contribution in [3.63, 3.8) is 0 Å². The van der Waals surface area contributed by atoms with Gasteiger partial charge in [-0.3, -0.25) is 76.7 Å². The van der Waals surface area contributed by atoms with Crippen LogP contribution in [0.3, 0.4) is 0 Å². The van der Waals surface area contributed by atoms with Gasteiger partial charge in [-0.15, -0.1) is 0 Å². The number of carboxylic acid groups (broad SMARTS) is 4. The molecule has 0 aliphatic heterocycles. The number of rotatable bonds is 100. The van der Waals surface area contributed by atoms with Crippen LogP contribution in [0.4, 0.5) is 0 Å². The minimum absolute atomic E-state index is 0.0444. The maximum absolute atomic E-state index is 12.5. The van der Waals surface area contributed by atoms with Gasteiger partial charge in [0, 0.05) is 128 Å². The van der Waals surface area contributed by atoms with Gasteiger partial charge >= 0.3 is 23.9 Å². The lowest BCUT2D eigenvalue weighted by Crippen LogP contribution is -2.41. The van der Waals surface area contributed by atoms with E-state index in [9.17, 15) is 86.9 Å². The largest absolute Gasteiger partial charge is 0.481 e. The first-order valence-corrected chi connectivity index (χ1v) is 50.3. The third-order valence-electron chi connectivity index (χ3n) is 23.1. The normalized spacial score (nSPS) is 12.4. The number of ether oxygens (including phenoxy) is 8. The Morgan fingerprint density at radius 1 is 0.239 bits per heavy atom.